The van der Waals surface area contributed by atoms with Gasteiger partial charge in [0.25, 0.3) is 0 Å². The third-order valence-electron chi connectivity index (χ3n) is 2.68. The van der Waals surface area contributed by atoms with Crippen molar-refractivity contribution in [1.82, 2.24) is 0 Å². The highest BCUT2D eigenvalue weighted by atomic mass is 35.5. The van der Waals surface area contributed by atoms with Crippen molar-refractivity contribution in [1.29, 1.82) is 0 Å². The molecule has 0 fully saturated rings. The Morgan fingerprint density at radius 2 is 1.55 bits per heavy atom. The van der Waals surface area contributed by atoms with Gasteiger partial charge in [-0.05, 0) is 48.5 Å². The van der Waals surface area contributed by atoms with E-state index in [0.717, 1.165) is 0 Å². The van der Waals surface area contributed by atoms with Gasteiger partial charge in [0.05, 0.1) is 4.90 Å². The summed E-state index contributed by atoms with van der Waals surface area (Å²) in [6.45, 7) is 0. The molecule has 0 aliphatic rings. The van der Waals surface area contributed by atoms with Gasteiger partial charge in [-0.25, -0.2) is 8.42 Å². The van der Waals surface area contributed by atoms with Crippen LogP contribution in [0.25, 0.3) is 0 Å². The Balaban J connectivity index is 2.22. The monoisotopic (exact) mass is 310 g/mol. The van der Waals surface area contributed by atoms with Gasteiger partial charge < -0.3 is 5.11 Å². The standard InChI is InChI=1S/C14H11ClO4S/c15-11-3-7-13(8-4-11)20(18,19)9-14(17)10-1-5-12(16)6-2-10/h1-8,16H,9H2. The van der Waals surface area contributed by atoms with Gasteiger partial charge in [-0.3, -0.25) is 4.79 Å². The van der Waals surface area contributed by atoms with Crippen LogP contribution in [0.5, 0.6) is 5.75 Å². The number of benzene rings is 2. The van der Waals surface area contributed by atoms with E-state index in [9.17, 15) is 13.2 Å². The fraction of sp³-hybridized carbons (Fsp3) is 0.0714. The number of carbonyl (C=O) groups excluding carboxylic acids is 1. The molecular formula is C14H11ClO4S. The molecule has 1 N–H and O–H groups in total. The summed E-state index contributed by atoms with van der Waals surface area (Å²) in [5.41, 5.74) is 0.236. The number of phenols is 1. The van der Waals surface area contributed by atoms with Crippen molar-refractivity contribution in [3.63, 3.8) is 0 Å². The van der Waals surface area contributed by atoms with Gasteiger partial charge in [-0.1, -0.05) is 11.6 Å². The van der Waals surface area contributed by atoms with Gasteiger partial charge in [-0.2, -0.15) is 0 Å². The molecule has 0 heterocycles. The van der Waals surface area contributed by atoms with Crippen LogP contribution in [-0.4, -0.2) is 25.1 Å². The summed E-state index contributed by atoms with van der Waals surface area (Å²) >= 11 is 5.69. The number of phenolic OH excluding ortho intramolecular Hbond substituents is 1. The zero-order chi connectivity index (χ0) is 14.8. The lowest BCUT2D eigenvalue weighted by atomic mass is 10.1. The Morgan fingerprint density at radius 3 is 2.10 bits per heavy atom. The fourth-order valence-electron chi connectivity index (χ4n) is 1.63. The maximum atomic E-state index is 12.1. The van der Waals surface area contributed by atoms with Crippen LogP contribution in [0.4, 0.5) is 0 Å². The Morgan fingerprint density at radius 1 is 1.00 bits per heavy atom. The molecule has 0 radical (unpaired) electrons. The average molecular weight is 311 g/mol. The third kappa shape index (κ3) is 3.37. The first-order valence-electron chi connectivity index (χ1n) is 5.69. The van der Waals surface area contributed by atoms with E-state index < -0.39 is 21.4 Å². The molecule has 6 heteroatoms. The number of aromatic hydroxyl groups is 1. The number of halogens is 1. The number of hydrogen-bond donors (Lipinski definition) is 1. The van der Waals surface area contributed by atoms with Gasteiger partial charge in [0, 0.05) is 10.6 Å². The molecule has 4 nitrogen and oxygen atoms in total. The molecule has 0 aliphatic carbocycles. The smallest absolute Gasteiger partial charge is 0.185 e. The van der Waals surface area contributed by atoms with Crippen molar-refractivity contribution < 1.29 is 18.3 Å². The fourth-order valence-corrected chi connectivity index (χ4v) is 2.98. The molecule has 0 saturated carbocycles. The normalized spacial score (nSPS) is 11.2. The van der Waals surface area contributed by atoms with Crippen molar-refractivity contribution in [3.05, 3.63) is 59.1 Å². The number of ketones is 1. The van der Waals surface area contributed by atoms with Crippen LogP contribution in [0.15, 0.2) is 53.4 Å². The average Bonchev–Trinajstić information content (AvgIpc) is 2.39. The highest BCUT2D eigenvalue weighted by molar-refractivity contribution is 7.92. The highest BCUT2D eigenvalue weighted by Gasteiger charge is 2.20. The van der Waals surface area contributed by atoms with Crippen molar-refractivity contribution in [3.8, 4) is 5.75 Å². The first-order chi connectivity index (χ1) is 9.38. The lowest BCUT2D eigenvalue weighted by molar-refractivity contribution is 0.102. The molecule has 2 aromatic rings. The largest absolute Gasteiger partial charge is 0.508 e. The first kappa shape index (κ1) is 14.6. The van der Waals surface area contributed by atoms with Crippen LogP contribution in [0.3, 0.4) is 0 Å². The molecule has 0 aliphatic heterocycles. The summed E-state index contributed by atoms with van der Waals surface area (Å²) in [5.74, 6) is -1.14. The van der Waals surface area contributed by atoms with Crippen LogP contribution < -0.4 is 0 Å². The van der Waals surface area contributed by atoms with Crippen molar-refractivity contribution >= 4 is 27.2 Å². The molecule has 0 spiro atoms. The van der Waals surface area contributed by atoms with E-state index in [1.165, 1.54) is 48.5 Å². The summed E-state index contributed by atoms with van der Waals surface area (Å²) in [6.07, 6.45) is 0. The molecule has 0 atom stereocenters. The van der Waals surface area contributed by atoms with E-state index >= 15 is 0 Å². The minimum atomic E-state index is -3.71. The number of sulfone groups is 1. The van der Waals surface area contributed by atoms with Gasteiger partial charge in [0.2, 0.25) is 0 Å². The van der Waals surface area contributed by atoms with Crippen LogP contribution in [0, 0.1) is 0 Å². The Bertz CT molecular complexity index is 719. The van der Waals surface area contributed by atoms with Crippen LogP contribution in [-0.2, 0) is 9.84 Å². The summed E-state index contributed by atoms with van der Waals surface area (Å²) in [7, 11) is -3.71. The van der Waals surface area contributed by atoms with E-state index in [2.05, 4.69) is 0 Å². The molecular weight excluding hydrogens is 300 g/mol. The van der Waals surface area contributed by atoms with Gasteiger partial charge in [0.15, 0.2) is 15.6 Å². The second-order valence-electron chi connectivity index (χ2n) is 4.18. The second kappa shape index (κ2) is 5.64. The van der Waals surface area contributed by atoms with Crippen molar-refractivity contribution in [2.75, 3.05) is 5.75 Å². The zero-order valence-corrected chi connectivity index (χ0v) is 11.9. The SMILES string of the molecule is O=C(CS(=O)(=O)c1ccc(Cl)cc1)c1ccc(O)cc1. The summed E-state index contributed by atoms with van der Waals surface area (Å²) < 4.78 is 24.2. The van der Waals surface area contributed by atoms with Crippen molar-refractivity contribution in [2.24, 2.45) is 0 Å². The topological polar surface area (TPSA) is 71.4 Å². The maximum Gasteiger partial charge on any atom is 0.185 e. The minimum absolute atomic E-state index is 0.0158. The quantitative estimate of drug-likeness (QED) is 0.881. The molecule has 0 unspecified atom stereocenters. The van der Waals surface area contributed by atoms with Crippen molar-refractivity contribution in [2.45, 2.75) is 4.90 Å². The van der Waals surface area contributed by atoms with Gasteiger partial charge >= 0.3 is 0 Å². The van der Waals surface area contributed by atoms with E-state index in [1.54, 1.807) is 0 Å². The van der Waals surface area contributed by atoms with Crippen LogP contribution in [0.2, 0.25) is 5.02 Å². The van der Waals surface area contributed by atoms with Gasteiger partial charge in [-0.15, -0.1) is 0 Å². The van der Waals surface area contributed by atoms with Crippen LogP contribution >= 0.6 is 11.6 Å². The van der Waals surface area contributed by atoms with E-state index in [-0.39, 0.29) is 16.2 Å². The Labute approximate surface area is 121 Å². The van der Waals surface area contributed by atoms with Crippen LogP contribution in [0.1, 0.15) is 10.4 Å². The summed E-state index contributed by atoms with van der Waals surface area (Å²) in [6, 6.07) is 11.1. The Kier molecular flexibility index (Phi) is 4.11. The predicted molar refractivity (Wildman–Crippen MR) is 75.9 cm³/mol. The third-order valence-corrected chi connectivity index (χ3v) is 4.57. The molecule has 0 bridgehead atoms. The Hall–Kier alpha value is -1.85. The lowest BCUT2D eigenvalue weighted by Gasteiger charge is -2.04. The lowest BCUT2D eigenvalue weighted by Crippen LogP contribution is -2.16. The maximum absolute atomic E-state index is 12.1. The molecule has 0 saturated heterocycles. The summed E-state index contributed by atoms with van der Waals surface area (Å²) in [4.78, 5) is 12.0. The molecule has 0 amide bonds. The molecule has 2 aromatic carbocycles. The second-order valence-corrected chi connectivity index (χ2v) is 6.61. The minimum Gasteiger partial charge on any atom is -0.508 e. The number of carbonyl (C=O) groups is 1. The van der Waals surface area contributed by atoms with E-state index in [1.807, 2.05) is 0 Å². The number of rotatable bonds is 4. The first-order valence-corrected chi connectivity index (χ1v) is 7.72. The van der Waals surface area contributed by atoms with E-state index in [4.69, 9.17) is 16.7 Å². The molecule has 20 heavy (non-hydrogen) atoms. The highest BCUT2D eigenvalue weighted by Crippen LogP contribution is 2.17. The zero-order valence-electron chi connectivity index (χ0n) is 10.3. The molecule has 2 rings (SSSR count). The van der Waals surface area contributed by atoms with Gasteiger partial charge in [0.1, 0.15) is 11.5 Å². The number of hydrogen-bond acceptors (Lipinski definition) is 4. The van der Waals surface area contributed by atoms with E-state index in [0.29, 0.717) is 5.02 Å². The molecule has 104 valence electrons. The molecule has 0 aromatic heterocycles. The summed E-state index contributed by atoms with van der Waals surface area (Å²) in [5, 5.41) is 9.56. The number of Topliss-reactive ketones (excluding diaryl/α,β-unsaturated/α-hetero) is 1. The predicted octanol–water partition coefficient (Wildman–Crippen LogP) is 2.70.